The Morgan fingerprint density at radius 1 is 0.760 bits per heavy atom. The van der Waals surface area contributed by atoms with E-state index in [-0.39, 0.29) is 75.4 Å². The zero-order valence-corrected chi connectivity index (χ0v) is 18.6. The molecule has 0 aromatic rings. The molecule has 0 aromatic carbocycles. The van der Waals surface area contributed by atoms with Crippen LogP contribution in [0.3, 0.4) is 0 Å². The van der Waals surface area contributed by atoms with Gasteiger partial charge in [-0.05, 0) is 0 Å². The molecule has 0 amide bonds. The maximum absolute atomic E-state index is 9.90. The number of aliphatic hydroxyl groups excluding tert-OH is 5. The summed E-state index contributed by atoms with van der Waals surface area (Å²) in [7, 11) is -10.8. The summed E-state index contributed by atoms with van der Waals surface area (Å²) < 4.78 is 17.1. The van der Waals surface area contributed by atoms with E-state index in [9.17, 15) is 4.79 Å². The molecule has 19 heteroatoms. The van der Waals surface area contributed by atoms with Gasteiger partial charge in [0.15, 0.2) is 6.29 Å². The van der Waals surface area contributed by atoms with E-state index in [1.807, 2.05) is 0 Å². The molecule has 0 bridgehead atoms. The second-order valence-electron chi connectivity index (χ2n) is 3.25. The second kappa shape index (κ2) is 20.7. The number of aldehydes is 1. The van der Waals surface area contributed by atoms with Crippen LogP contribution in [0, 0.1) is 0 Å². The van der Waals surface area contributed by atoms with Crippen LogP contribution in [0.1, 0.15) is 0 Å². The first-order valence-corrected chi connectivity index (χ1v) is 7.71. The van der Waals surface area contributed by atoms with Crippen molar-refractivity contribution in [2.45, 2.75) is 24.4 Å². The van der Waals surface area contributed by atoms with Crippen LogP contribution in [0.5, 0.6) is 0 Å². The molecule has 136 valence electrons. The topological polar surface area (TPSA) is 291 Å². The fourth-order valence-electron chi connectivity index (χ4n) is 0.618. The van der Waals surface area contributed by atoms with E-state index in [2.05, 4.69) is 0 Å². The van der Waals surface area contributed by atoms with Crippen molar-refractivity contribution < 1.29 is 68.8 Å². The molecule has 0 aliphatic heterocycles. The predicted molar refractivity (Wildman–Crippen MR) is 69.7 cm³/mol. The second-order valence-corrected chi connectivity index (χ2v) is 5.04. The Morgan fingerprint density at radius 3 is 1.16 bits per heavy atom. The van der Waals surface area contributed by atoms with Gasteiger partial charge in [0.05, 0.1) is 6.61 Å². The molecule has 0 heterocycles. The number of aliphatic hydroxyl groups is 5. The molecular formula is C6H12Mg3O14P2. The average molecular weight is 443 g/mol. The Labute approximate surface area is 189 Å². The van der Waals surface area contributed by atoms with Crippen molar-refractivity contribution in [2.24, 2.45) is 0 Å². The van der Waals surface area contributed by atoms with E-state index in [0.29, 0.717) is 0 Å². The van der Waals surface area contributed by atoms with Crippen molar-refractivity contribution in [1.29, 1.82) is 0 Å². The first kappa shape index (κ1) is 41.4. The number of carbonyl (C=O) groups excluding carboxylic acids is 1. The van der Waals surface area contributed by atoms with E-state index >= 15 is 0 Å². The molecule has 0 saturated heterocycles. The molecular weight excluding hydrogens is 431 g/mol. The monoisotopic (exact) mass is 442 g/mol. The Balaban J connectivity index is -0.0000000592. The average Bonchev–Trinajstić information content (AvgIpc) is 2.30. The molecule has 0 rings (SSSR count). The van der Waals surface area contributed by atoms with Crippen LogP contribution in [0.2, 0.25) is 0 Å². The van der Waals surface area contributed by atoms with Gasteiger partial charge in [-0.1, -0.05) is 0 Å². The summed E-state index contributed by atoms with van der Waals surface area (Å²) in [5.41, 5.74) is 0. The van der Waals surface area contributed by atoms with Gasteiger partial charge >= 0.3 is 69.2 Å². The molecule has 0 saturated carbocycles. The summed E-state index contributed by atoms with van der Waals surface area (Å²) in [6.45, 7) is -0.760. The van der Waals surface area contributed by atoms with Crippen LogP contribution in [0.4, 0.5) is 0 Å². The summed E-state index contributed by atoms with van der Waals surface area (Å²) in [5, 5.41) is 43.5. The van der Waals surface area contributed by atoms with Gasteiger partial charge in [0, 0.05) is 0 Å². The number of phosphoric acid groups is 2. The number of hydrogen-bond donors (Lipinski definition) is 5. The van der Waals surface area contributed by atoms with Crippen LogP contribution in [-0.2, 0) is 13.9 Å². The quantitative estimate of drug-likeness (QED) is 0.150. The Bertz CT molecular complexity index is 350. The minimum atomic E-state index is -5.39. The van der Waals surface area contributed by atoms with E-state index in [4.69, 9.17) is 64.0 Å². The smallest absolute Gasteiger partial charge is 0.822 e. The zero-order valence-electron chi connectivity index (χ0n) is 12.5. The fraction of sp³-hybridized carbons (Fsp3) is 0.833. The maximum atomic E-state index is 9.90. The van der Waals surface area contributed by atoms with Gasteiger partial charge in [0.25, 0.3) is 0 Å². The largest absolute Gasteiger partial charge is 2.00 e. The zero-order chi connectivity index (χ0) is 18.7. The summed E-state index contributed by atoms with van der Waals surface area (Å²) >= 11 is 0. The molecule has 14 nitrogen and oxygen atoms in total. The third-order valence-corrected chi connectivity index (χ3v) is 1.42. The molecule has 5 N–H and O–H groups in total. The van der Waals surface area contributed by atoms with Gasteiger partial charge in [0.2, 0.25) is 0 Å². The molecule has 0 radical (unpaired) electrons. The number of carbonyl (C=O) groups is 1. The molecule has 0 unspecified atom stereocenters. The Kier molecular flexibility index (Phi) is 34.3. The third kappa shape index (κ3) is 46.2. The van der Waals surface area contributed by atoms with Gasteiger partial charge in [0.1, 0.15) is 24.4 Å². The SMILES string of the molecule is O=C[C@H](O)[C@@H](O)[C@H](O)[C@H](O)CO.O=P([O-])([O-])[O-].O=P([O-])([O-])[O-].[Mg+2].[Mg+2].[Mg+2]. The number of rotatable bonds is 5. The fourth-order valence-corrected chi connectivity index (χ4v) is 0.618. The molecule has 0 spiro atoms. The van der Waals surface area contributed by atoms with Crippen LogP contribution >= 0.6 is 15.6 Å². The minimum absolute atomic E-state index is 0. The molecule has 25 heavy (non-hydrogen) atoms. The van der Waals surface area contributed by atoms with E-state index < -0.39 is 46.7 Å². The third-order valence-electron chi connectivity index (χ3n) is 1.42. The van der Waals surface area contributed by atoms with Crippen LogP contribution in [0.25, 0.3) is 0 Å². The molecule has 0 fully saturated rings. The van der Waals surface area contributed by atoms with E-state index in [0.717, 1.165) is 0 Å². The van der Waals surface area contributed by atoms with Gasteiger partial charge in [-0.15, -0.1) is 0 Å². The predicted octanol–water partition coefficient (Wildman–Crippen LogP) is -10.2. The van der Waals surface area contributed by atoms with Crippen LogP contribution < -0.4 is 29.4 Å². The summed E-state index contributed by atoms with van der Waals surface area (Å²) in [4.78, 5) is 61.2. The van der Waals surface area contributed by atoms with Crippen molar-refractivity contribution in [3.05, 3.63) is 0 Å². The molecule has 0 aliphatic rings. The Morgan fingerprint density at radius 2 is 1.00 bits per heavy atom. The van der Waals surface area contributed by atoms with Crippen molar-refractivity contribution in [3.63, 3.8) is 0 Å². The van der Waals surface area contributed by atoms with Gasteiger partial charge in [-0.3, -0.25) is 0 Å². The molecule has 0 aliphatic carbocycles. The van der Waals surface area contributed by atoms with Crippen molar-refractivity contribution in [1.82, 2.24) is 0 Å². The van der Waals surface area contributed by atoms with Gasteiger partial charge in [-0.2, -0.15) is 15.6 Å². The molecule has 4 atom stereocenters. The van der Waals surface area contributed by atoms with Gasteiger partial charge < -0.3 is 68.8 Å². The van der Waals surface area contributed by atoms with E-state index in [1.54, 1.807) is 0 Å². The van der Waals surface area contributed by atoms with Crippen LogP contribution in [0.15, 0.2) is 0 Å². The normalized spacial score (nSPS) is 14.8. The number of hydrogen-bond acceptors (Lipinski definition) is 14. The minimum Gasteiger partial charge on any atom is -0.822 e. The summed E-state index contributed by atoms with van der Waals surface area (Å²) in [6.07, 6.45) is -6.84. The standard InChI is InChI=1S/C6H12O6.3Mg.2H3O4P/c7-1-3(9)5(11)6(12)4(10)2-8;;;;2*1-5(2,3)4/h1,3-6,8-12H,2H2;;;;2*(H3,1,2,3,4)/q;3*+2;;/p-6/t3-,4+,5+,6+;;;;;/m0...../s1. The van der Waals surface area contributed by atoms with Crippen molar-refractivity contribution in [3.8, 4) is 0 Å². The summed E-state index contributed by atoms with van der Waals surface area (Å²) in [5.74, 6) is 0. The first-order chi connectivity index (χ1) is 9.54. The Hall–Kier alpha value is 1.99. The van der Waals surface area contributed by atoms with E-state index in [1.165, 1.54) is 0 Å². The summed E-state index contributed by atoms with van der Waals surface area (Å²) in [6, 6.07) is 0. The first-order valence-electron chi connectivity index (χ1n) is 4.79. The van der Waals surface area contributed by atoms with Crippen molar-refractivity contribution >= 4 is 91.1 Å². The molecule has 0 aromatic heterocycles. The van der Waals surface area contributed by atoms with Gasteiger partial charge in [-0.25, -0.2) is 0 Å². The van der Waals surface area contributed by atoms with Crippen LogP contribution in [-0.4, -0.2) is 132 Å². The van der Waals surface area contributed by atoms with Crippen molar-refractivity contribution in [2.75, 3.05) is 6.61 Å². The maximum Gasteiger partial charge on any atom is 2.00 e.